The van der Waals surface area contributed by atoms with Gasteiger partial charge in [0.1, 0.15) is 18.2 Å². The number of aromatic nitrogens is 2. The fraction of sp³-hybridized carbons (Fsp3) is 0.111. The molecule has 1 amide bonds. The first-order valence-corrected chi connectivity index (χ1v) is 13.2. The molecule has 1 aliphatic heterocycles. The fourth-order valence-corrected chi connectivity index (χ4v) is 5.73. The van der Waals surface area contributed by atoms with Gasteiger partial charge in [-0.2, -0.15) is 0 Å². The lowest BCUT2D eigenvalue weighted by atomic mass is 9.95. The summed E-state index contributed by atoms with van der Waals surface area (Å²) in [7, 11) is 0. The second-order valence-electron chi connectivity index (χ2n) is 8.08. The number of aliphatic hydroxyl groups is 1. The van der Waals surface area contributed by atoms with E-state index in [0.717, 1.165) is 16.9 Å². The van der Waals surface area contributed by atoms with Gasteiger partial charge in [0.05, 0.1) is 17.9 Å². The molecule has 0 saturated carbocycles. The Kier molecular flexibility index (Phi) is 7.38. The number of aliphatic hydroxyl groups excluding tert-OH is 1. The van der Waals surface area contributed by atoms with Crippen molar-refractivity contribution in [2.75, 3.05) is 11.5 Å². The molecule has 8 nitrogen and oxygen atoms in total. The number of thioether (sulfide) groups is 1. The van der Waals surface area contributed by atoms with Crippen molar-refractivity contribution in [3.63, 3.8) is 0 Å². The summed E-state index contributed by atoms with van der Waals surface area (Å²) in [5.41, 5.74) is 1.28. The van der Waals surface area contributed by atoms with E-state index >= 15 is 0 Å². The highest BCUT2D eigenvalue weighted by Gasteiger charge is 2.46. The minimum Gasteiger partial charge on any atom is -0.503 e. The van der Waals surface area contributed by atoms with Crippen LogP contribution >= 0.6 is 23.1 Å². The molecule has 0 aliphatic carbocycles. The highest BCUT2D eigenvalue weighted by molar-refractivity contribution is 8.00. The monoisotopic (exact) mass is 549 g/mol. The Hall–Kier alpha value is -4.22. The van der Waals surface area contributed by atoms with Crippen LogP contribution in [-0.4, -0.2) is 33.6 Å². The summed E-state index contributed by atoms with van der Waals surface area (Å²) in [5.74, 6) is -1.42. The molecule has 4 aromatic rings. The second kappa shape index (κ2) is 11.0. The average Bonchev–Trinajstić information content (AvgIpc) is 3.68. The van der Waals surface area contributed by atoms with E-state index in [4.69, 9.17) is 9.15 Å². The van der Waals surface area contributed by atoms with Gasteiger partial charge in [-0.1, -0.05) is 60.0 Å². The predicted octanol–water partition coefficient (Wildman–Crippen LogP) is 5.91. The van der Waals surface area contributed by atoms with Crippen LogP contribution in [0.4, 0.5) is 9.52 Å². The molecule has 11 heteroatoms. The van der Waals surface area contributed by atoms with E-state index in [-0.39, 0.29) is 28.9 Å². The maximum Gasteiger partial charge on any atom is 0.296 e. The van der Waals surface area contributed by atoms with Gasteiger partial charge in [-0.05, 0) is 47.5 Å². The summed E-state index contributed by atoms with van der Waals surface area (Å²) in [6.45, 7) is 3.91. The zero-order valence-electron chi connectivity index (χ0n) is 19.7. The largest absolute Gasteiger partial charge is 0.503 e. The van der Waals surface area contributed by atoms with Crippen molar-refractivity contribution in [1.82, 2.24) is 10.2 Å². The number of hydrogen-bond acceptors (Lipinski definition) is 9. The Labute approximate surface area is 225 Å². The zero-order valence-corrected chi connectivity index (χ0v) is 21.4. The van der Waals surface area contributed by atoms with E-state index in [0.29, 0.717) is 21.4 Å². The third-order valence-corrected chi connectivity index (χ3v) is 7.74. The third-order valence-electron chi connectivity index (χ3n) is 5.62. The first-order valence-electron chi connectivity index (χ1n) is 11.4. The van der Waals surface area contributed by atoms with E-state index in [1.165, 1.54) is 41.1 Å². The van der Waals surface area contributed by atoms with Crippen molar-refractivity contribution >= 4 is 39.9 Å². The highest BCUT2D eigenvalue weighted by atomic mass is 32.2. The maximum atomic E-state index is 13.4. The van der Waals surface area contributed by atoms with Gasteiger partial charge >= 0.3 is 0 Å². The molecule has 0 fully saturated rings. The van der Waals surface area contributed by atoms with E-state index in [9.17, 15) is 19.1 Å². The molecule has 2 aromatic heterocycles. The van der Waals surface area contributed by atoms with Gasteiger partial charge in [0.2, 0.25) is 10.9 Å². The molecular weight excluding hydrogens is 529 g/mol. The van der Waals surface area contributed by atoms with Crippen LogP contribution in [0.5, 0.6) is 5.75 Å². The number of halogens is 1. The lowest BCUT2D eigenvalue weighted by Crippen LogP contribution is -2.31. The number of hydrogen-bond donors (Lipinski definition) is 1. The number of furan rings is 1. The Morgan fingerprint density at radius 2 is 2.03 bits per heavy atom. The summed E-state index contributed by atoms with van der Waals surface area (Å²) in [5, 5.41) is 19.5. The standard InChI is InChI=1S/C27H20FN3O5S2/c1-2-12-35-19-6-3-5-17(14-19)22-21(23(32)20-7-4-13-36-20)24(33)25(34)31(22)26-29-30-27(38-26)37-15-16-8-10-18(28)11-9-16/h2-11,13-14,22,33H,1,12,15H2. The van der Waals surface area contributed by atoms with Crippen molar-refractivity contribution in [3.05, 3.63) is 114 Å². The van der Waals surface area contributed by atoms with Crippen LogP contribution in [0.1, 0.15) is 27.7 Å². The second-order valence-corrected chi connectivity index (χ2v) is 10.3. The first kappa shape index (κ1) is 25.4. The number of benzene rings is 2. The van der Waals surface area contributed by atoms with Crippen LogP contribution in [-0.2, 0) is 10.5 Å². The Morgan fingerprint density at radius 3 is 2.76 bits per heavy atom. The number of ether oxygens (including phenoxy) is 1. The molecule has 0 saturated heterocycles. The number of carbonyl (C=O) groups is 2. The Morgan fingerprint density at radius 1 is 1.21 bits per heavy atom. The molecule has 2 aromatic carbocycles. The van der Waals surface area contributed by atoms with Crippen molar-refractivity contribution in [1.29, 1.82) is 0 Å². The highest BCUT2D eigenvalue weighted by Crippen LogP contribution is 2.44. The van der Waals surface area contributed by atoms with E-state index < -0.39 is 23.5 Å². The average molecular weight is 550 g/mol. The number of carbonyl (C=O) groups excluding carboxylic acids is 2. The maximum absolute atomic E-state index is 13.4. The minimum atomic E-state index is -1.00. The Balaban J connectivity index is 1.49. The minimum absolute atomic E-state index is 0.0157. The van der Waals surface area contributed by atoms with E-state index in [2.05, 4.69) is 16.8 Å². The van der Waals surface area contributed by atoms with E-state index in [1.807, 2.05) is 0 Å². The topological polar surface area (TPSA) is 106 Å². The number of nitrogens with zero attached hydrogens (tertiary/aromatic N) is 3. The molecule has 1 aliphatic rings. The smallest absolute Gasteiger partial charge is 0.296 e. The van der Waals surface area contributed by atoms with Crippen LogP contribution in [0.2, 0.25) is 0 Å². The fourth-order valence-electron chi connectivity index (χ4n) is 3.90. The molecule has 5 rings (SSSR count). The molecule has 0 spiro atoms. The zero-order chi connectivity index (χ0) is 26.6. The van der Waals surface area contributed by atoms with Gasteiger partial charge in [0.25, 0.3) is 5.91 Å². The summed E-state index contributed by atoms with van der Waals surface area (Å²) in [6, 6.07) is 15.0. The quantitative estimate of drug-likeness (QED) is 0.113. The summed E-state index contributed by atoms with van der Waals surface area (Å²) in [4.78, 5) is 28.0. The van der Waals surface area contributed by atoms with Crippen LogP contribution in [0.3, 0.4) is 0 Å². The molecule has 1 N–H and O–H groups in total. The molecule has 1 atom stereocenters. The van der Waals surface area contributed by atoms with Gasteiger partial charge in [-0.3, -0.25) is 14.5 Å². The predicted molar refractivity (Wildman–Crippen MR) is 141 cm³/mol. The molecule has 38 heavy (non-hydrogen) atoms. The number of rotatable bonds is 10. The van der Waals surface area contributed by atoms with Crippen LogP contribution < -0.4 is 9.64 Å². The molecule has 1 unspecified atom stereocenters. The number of Topliss-reactive ketones (excluding diaryl/α,β-unsaturated/α-hetero) is 1. The number of anilines is 1. The lowest BCUT2D eigenvalue weighted by molar-refractivity contribution is -0.117. The summed E-state index contributed by atoms with van der Waals surface area (Å²) in [6.07, 6.45) is 2.94. The van der Waals surface area contributed by atoms with Crippen molar-refractivity contribution in [2.45, 2.75) is 16.1 Å². The third kappa shape index (κ3) is 5.11. The molecule has 0 bridgehead atoms. The Bertz CT molecular complexity index is 1520. The number of amides is 1. The van der Waals surface area contributed by atoms with Crippen LogP contribution in [0, 0.1) is 5.82 Å². The summed E-state index contributed by atoms with van der Waals surface area (Å²) >= 11 is 2.51. The van der Waals surface area contributed by atoms with E-state index in [1.54, 1.807) is 48.5 Å². The molecule has 192 valence electrons. The first-order chi connectivity index (χ1) is 18.5. The van der Waals surface area contributed by atoms with Gasteiger partial charge < -0.3 is 14.3 Å². The molecule has 3 heterocycles. The van der Waals surface area contributed by atoms with Crippen LogP contribution in [0.15, 0.2) is 99.7 Å². The van der Waals surface area contributed by atoms with Gasteiger partial charge in [-0.15, -0.1) is 10.2 Å². The van der Waals surface area contributed by atoms with Gasteiger partial charge in [-0.25, -0.2) is 4.39 Å². The van der Waals surface area contributed by atoms with Crippen molar-refractivity contribution < 1.29 is 28.2 Å². The summed E-state index contributed by atoms with van der Waals surface area (Å²) < 4.78 is 24.7. The van der Waals surface area contributed by atoms with Gasteiger partial charge in [0, 0.05) is 5.75 Å². The van der Waals surface area contributed by atoms with Crippen LogP contribution in [0.25, 0.3) is 0 Å². The lowest BCUT2D eigenvalue weighted by Gasteiger charge is -2.24. The van der Waals surface area contributed by atoms with Crippen molar-refractivity contribution in [2.24, 2.45) is 0 Å². The molecule has 0 radical (unpaired) electrons. The molecular formula is C27H20FN3O5S2. The van der Waals surface area contributed by atoms with Gasteiger partial charge in [0.15, 0.2) is 15.9 Å². The van der Waals surface area contributed by atoms with Crippen molar-refractivity contribution in [3.8, 4) is 5.75 Å². The normalized spacial score (nSPS) is 15.2. The number of ketones is 1. The SMILES string of the molecule is C=CCOc1cccc(C2C(C(=O)c3ccco3)=C(O)C(=O)N2c2nnc(SCc3ccc(F)cc3)s2)c1.